The van der Waals surface area contributed by atoms with Crippen LogP contribution in [0.4, 0.5) is 0 Å². The molecule has 0 radical (unpaired) electrons. The van der Waals surface area contributed by atoms with E-state index in [0.717, 1.165) is 0 Å². The van der Waals surface area contributed by atoms with Crippen molar-refractivity contribution in [2.45, 2.75) is 19.1 Å². The SMILES string of the molecule is COC1=C(OC)[C@@H]([C@@H](CBr)OC(C)=O)OC1=O. The van der Waals surface area contributed by atoms with E-state index in [9.17, 15) is 9.59 Å². The maximum atomic E-state index is 11.5. The molecular weight excluding hydrogens is 296 g/mol. The summed E-state index contributed by atoms with van der Waals surface area (Å²) in [4.78, 5) is 22.4. The number of halogens is 1. The van der Waals surface area contributed by atoms with E-state index in [0.29, 0.717) is 5.33 Å². The number of esters is 2. The van der Waals surface area contributed by atoms with Crippen molar-refractivity contribution in [3.05, 3.63) is 11.5 Å². The zero-order valence-corrected chi connectivity index (χ0v) is 11.3. The third kappa shape index (κ3) is 2.91. The fourth-order valence-electron chi connectivity index (χ4n) is 1.48. The molecule has 17 heavy (non-hydrogen) atoms. The van der Waals surface area contributed by atoms with Gasteiger partial charge in [-0.05, 0) is 0 Å². The van der Waals surface area contributed by atoms with Crippen LogP contribution < -0.4 is 0 Å². The molecule has 0 saturated carbocycles. The van der Waals surface area contributed by atoms with E-state index in [4.69, 9.17) is 18.9 Å². The summed E-state index contributed by atoms with van der Waals surface area (Å²) in [5.74, 6) is -0.877. The predicted octanol–water partition coefficient (Wildman–Crippen LogP) is 0.743. The number of hydrogen-bond donors (Lipinski definition) is 0. The summed E-state index contributed by atoms with van der Waals surface area (Å²) in [5, 5.41) is 0.314. The van der Waals surface area contributed by atoms with E-state index in [-0.39, 0.29) is 11.5 Å². The molecule has 0 aliphatic carbocycles. The predicted molar refractivity (Wildman–Crippen MR) is 60.3 cm³/mol. The van der Waals surface area contributed by atoms with Gasteiger partial charge in [0, 0.05) is 12.3 Å². The molecule has 2 atom stereocenters. The molecule has 1 aliphatic rings. The largest absolute Gasteiger partial charge is 0.493 e. The summed E-state index contributed by atoms with van der Waals surface area (Å²) < 4.78 is 20.0. The van der Waals surface area contributed by atoms with Crippen LogP contribution in [0.2, 0.25) is 0 Å². The van der Waals surface area contributed by atoms with Crippen molar-refractivity contribution >= 4 is 27.9 Å². The molecule has 0 spiro atoms. The molecule has 0 aromatic heterocycles. The Labute approximate surface area is 107 Å². The molecule has 0 N–H and O–H groups in total. The third-order valence-electron chi connectivity index (χ3n) is 2.13. The first-order valence-electron chi connectivity index (χ1n) is 4.81. The van der Waals surface area contributed by atoms with Crippen molar-refractivity contribution in [3.8, 4) is 0 Å². The Morgan fingerprint density at radius 1 is 1.47 bits per heavy atom. The van der Waals surface area contributed by atoms with Gasteiger partial charge in [-0.25, -0.2) is 4.79 Å². The molecule has 1 rings (SSSR count). The first-order valence-corrected chi connectivity index (χ1v) is 5.93. The smallest absolute Gasteiger partial charge is 0.378 e. The number of rotatable bonds is 5. The Morgan fingerprint density at radius 2 is 2.12 bits per heavy atom. The van der Waals surface area contributed by atoms with E-state index in [1.165, 1.54) is 21.1 Å². The summed E-state index contributed by atoms with van der Waals surface area (Å²) in [7, 11) is 2.73. The van der Waals surface area contributed by atoms with Gasteiger partial charge in [-0.3, -0.25) is 4.79 Å². The van der Waals surface area contributed by atoms with E-state index in [1.54, 1.807) is 0 Å². The number of carbonyl (C=O) groups is 2. The van der Waals surface area contributed by atoms with Crippen molar-refractivity contribution < 1.29 is 28.5 Å². The minimum atomic E-state index is -0.786. The van der Waals surface area contributed by atoms with Gasteiger partial charge in [0.1, 0.15) is 0 Å². The maximum absolute atomic E-state index is 11.5. The Balaban J connectivity index is 2.94. The second-order valence-electron chi connectivity index (χ2n) is 3.23. The van der Waals surface area contributed by atoms with Crippen molar-refractivity contribution in [2.24, 2.45) is 0 Å². The number of alkyl halides is 1. The molecule has 0 amide bonds. The van der Waals surface area contributed by atoms with Gasteiger partial charge < -0.3 is 18.9 Å². The lowest BCUT2D eigenvalue weighted by molar-refractivity contribution is -0.159. The summed E-state index contributed by atoms with van der Waals surface area (Å²) >= 11 is 3.19. The molecule has 7 heteroatoms. The van der Waals surface area contributed by atoms with Gasteiger partial charge in [-0.1, -0.05) is 15.9 Å². The van der Waals surface area contributed by atoms with Crippen LogP contribution in [0.5, 0.6) is 0 Å². The van der Waals surface area contributed by atoms with Gasteiger partial charge >= 0.3 is 11.9 Å². The highest BCUT2D eigenvalue weighted by atomic mass is 79.9. The molecule has 0 fully saturated rings. The van der Waals surface area contributed by atoms with Gasteiger partial charge in [-0.15, -0.1) is 0 Å². The van der Waals surface area contributed by atoms with Gasteiger partial charge in [0.05, 0.1) is 14.2 Å². The first kappa shape index (κ1) is 13.8. The minimum absolute atomic E-state index is 0.00407. The summed E-state index contributed by atoms with van der Waals surface area (Å²) in [5.41, 5.74) is 0. The minimum Gasteiger partial charge on any atom is -0.493 e. The molecule has 0 saturated heterocycles. The lowest BCUT2D eigenvalue weighted by Gasteiger charge is -2.21. The van der Waals surface area contributed by atoms with Crippen LogP contribution in [0, 0.1) is 0 Å². The summed E-state index contributed by atoms with van der Waals surface area (Å²) in [6.45, 7) is 1.28. The van der Waals surface area contributed by atoms with Crippen LogP contribution in [-0.2, 0) is 28.5 Å². The molecule has 0 aromatic rings. The molecule has 6 nitrogen and oxygen atoms in total. The van der Waals surface area contributed by atoms with Crippen LogP contribution in [-0.4, -0.2) is 43.7 Å². The van der Waals surface area contributed by atoms with Crippen molar-refractivity contribution in [2.75, 3.05) is 19.5 Å². The summed E-state index contributed by atoms with van der Waals surface area (Å²) in [6.07, 6.45) is -1.44. The lowest BCUT2D eigenvalue weighted by Crippen LogP contribution is -2.34. The Kier molecular flexibility index (Phi) is 4.80. The highest BCUT2D eigenvalue weighted by Gasteiger charge is 2.42. The zero-order chi connectivity index (χ0) is 13.0. The molecular formula is C10H13BrO6. The molecule has 0 bridgehead atoms. The standard InChI is InChI=1S/C10H13BrO6/c1-5(12)16-6(4-11)7-8(14-2)9(15-3)10(13)17-7/h6-7H,4H2,1-3H3/t6-,7-/m1/s1. The lowest BCUT2D eigenvalue weighted by atomic mass is 10.2. The van der Waals surface area contributed by atoms with Gasteiger partial charge in [0.2, 0.25) is 11.9 Å². The van der Waals surface area contributed by atoms with Gasteiger partial charge in [0.15, 0.2) is 11.9 Å². The third-order valence-corrected chi connectivity index (χ3v) is 2.77. The van der Waals surface area contributed by atoms with E-state index >= 15 is 0 Å². The average molecular weight is 309 g/mol. The van der Waals surface area contributed by atoms with Crippen LogP contribution in [0.3, 0.4) is 0 Å². The molecule has 0 aromatic carbocycles. The highest BCUT2D eigenvalue weighted by molar-refractivity contribution is 9.09. The second kappa shape index (κ2) is 5.90. The monoisotopic (exact) mass is 308 g/mol. The second-order valence-corrected chi connectivity index (χ2v) is 3.88. The normalized spacial score (nSPS) is 20.9. The van der Waals surface area contributed by atoms with Crippen LogP contribution in [0.25, 0.3) is 0 Å². The number of cyclic esters (lactones) is 1. The maximum Gasteiger partial charge on any atom is 0.378 e. The quantitative estimate of drug-likeness (QED) is 0.551. The van der Waals surface area contributed by atoms with Crippen molar-refractivity contribution in [1.82, 2.24) is 0 Å². The molecule has 0 unspecified atom stereocenters. The molecule has 1 heterocycles. The van der Waals surface area contributed by atoms with Crippen LogP contribution in [0.1, 0.15) is 6.92 Å². The van der Waals surface area contributed by atoms with Gasteiger partial charge in [0.25, 0.3) is 0 Å². The Morgan fingerprint density at radius 3 is 2.53 bits per heavy atom. The fourth-order valence-corrected chi connectivity index (χ4v) is 1.95. The van der Waals surface area contributed by atoms with Crippen molar-refractivity contribution in [3.63, 3.8) is 0 Å². The molecule has 96 valence electrons. The highest BCUT2D eigenvalue weighted by Crippen LogP contribution is 2.28. The van der Waals surface area contributed by atoms with Crippen LogP contribution in [0.15, 0.2) is 11.5 Å². The van der Waals surface area contributed by atoms with E-state index in [1.807, 2.05) is 0 Å². The Bertz CT molecular complexity index is 351. The van der Waals surface area contributed by atoms with E-state index < -0.39 is 24.1 Å². The average Bonchev–Trinajstić information content (AvgIpc) is 2.61. The van der Waals surface area contributed by atoms with Crippen LogP contribution >= 0.6 is 15.9 Å². The zero-order valence-electron chi connectivity index (χ0n) is 9.69. The molecule has 1 aliphatic heterocycles. The van der Waals surface area contributed by atoms with E-state index in [2.05, 4.69) is 15.9 Å². The fraction of sp³-hybridized carbons (Fsp3) is 0.600. The summed E-state index contributed by atoms with van der Waals surface area (Å²) in [6, 6.07) is 0. The Hall–Kier alpha value is -1.24. The number of hydrogen-bond acceptors (Lipinski definition) is 6. The van der Waals surface area contributed by atoms with Gasteiger partial charge in [-0.2, -0.15) is 0 Å². The topological polar surface area (TPSA) is 71.1 Å². The van der Waals surface area contributed by atoms with Crippen molar-refractivity contribution in [1.29, 1.82) is 0 Å². The number of carbonyl (C=O) groups excluding carboxylic acids is 2. The first-order chi connectivity index (χ1) is 8.04. The number of ether oxygens (including phenoxy) is 4. The number of methoxy groups -OCH3 is 2.